The highest BCUT2D eigenvalue weighted by Crippen LogP contribution is 2.38. The lowest BCUT2D eigenvalue weighted by atomic mass is 9.88. The summed E-state index contributed by atoms with van der Waals surface area (Å²) in [7, 11) is 3.91. The Balaban J connectivity index is 2.94. The normalized spacial score (nSPS) is 19.6. The van der Waals surface area contributed by atoms with Crippen molar-refractivity contribution in [2.24, 2.45) is 10.7 Å². The van der Waals surface area contributed by atoms with E-state index in [0.29, 0.717) is 12.2 Å². The van der Waals surface area contributed by atoms with Gasteiger partial charge >= 0.3 is 0 Å². The highest BCUT2D eigenvalue weighted by atomic mass is 35.5. The van der Waals surface area contributed by atoms with Gasteiger partial charge in [0.05, 0.1) is 12.3 Å². The van der Waals surface area contributed by atoms with Crippen molar-refractivity contribution in [2.45, 2.75) is 33.1 Å². The molecule has 2 aliphatic rings. The average molecular weight is 429 g/mol. The number of aliphatic hydroxyl groups excluding tert-OH is 1. The zero-order valence-corrected chi connectivity index (χ0v) is 19.2. The molecule has 1 aliphatic carbocycles. The standard InChI is InChI=1S/C24H33ClN4O/c1-6-17-10-11-18(25)16-20(17)23(28(4)14-15-30)19(7-2)22(21(26)8-3)24-27-12-9-13-29(24)5/h7-9,12-13,16,30H,2,6,10-11,14-15,26H2,1,3-5H3/b21-8?,23-19+,24-22-. The molecule has 0 fully saturated rings. The average Bonchev–Trinajstić information content (AvgIpc) is 2.74. The lowest BCUT2D eigenvalue weighted by molar-refractivity contribution is 0.247. The quantitative estimate of drug-likeness (QED) is 0.555. The second-order valence-corrected chi connectivity index (χ2v) is 7.73. The van der Waals surface area contributed by atoms with Crippen molar-refractivity contribution in [3.8, 4) is 0 Å². The van der Waals surface area contributed by atoms with E-state index in [2.05, 4.69) is 18.5 Å². The molecule has 0 amide bonds. The molecule has 0 saturated heterocycles. The van der Waals surface area contributed by atoms with Crippen molar-refractivity contribution >= 4 is 17.8 Å². The SMILES string of the molecule is C=CC(/C(C(N)=CC)=C1\N=CC=CN1C)=C(/C1=C(CC)CCC(Cl)=C1)N(C)CCO. The van der Waals surface area contributed by atoms with Crippen LogP contribution in [0.15, 0.2) is 86.6 Å². The Morgan fingerprint density at radius 2 is 2.17 bits per heavy atom. The van der Waals surface area contributed by atoms with Gasteiger partial charge in [0.2, 0.25) is 0 Å². The van der Waals surface area contributed by atoms with Crippen molar-refractivity contribution in [1.29, 1.82) is 0 Å². The van der Waals surface area contributed by atoms with E-state index in [4.69, 9.17) is 17.3 Å². The first kappa shape index (κ1) is 23.8. The molecule has 0 aromatic rings. The number of hydrogen-bond donors (Lipinski definition) is 2. The molecular formula is C24H33ClN4O. The van der Waals surface area contributed by atoms with E-state index in [1.165, 1.54) is 5.57 Å². The van der Waals surface area contributed by atoms with Crippen LogP contribution in [0.2, 0.25) is 0 Å². The highest BCUT2D eigenvalue weighted by Gasteiger charge is 2.25. The summed E-state index contributed by atoms with van der Waals surface area (Å²) in [5, 5.41) is 10.5. The van der Waals surface area contributed by atoms with Crippen LogP contribution < -0.4 is 5.73 Å². The number of nitrogens with two attached hydrogens (primary N) is 1. The van der Waals surface area contributed by atoms with Gasteiger partial charge in [-0.05, 0) is 43.9 Å². The summed E-state index contributed by atoms with van der Waals surface area (Å²) in [5.74, 6) is 0.738. The lowest BCUT2D eigenvalue weighted by Gasteiger charge is -2.31. The molecule has 0 aromatic heterocycles. The Kier molecular flexibility index (Phi) is 8.75. The summed E-state index contributed by atoms with van der Waals surface area (Å²) in [5.41, 5.74) is 12.1. The van der Waals surface area contributed by atoms with Crippen molar-refractivity contribution in [3.63, 3.8) is 0 Å². The second-order valence-electron chi connectivity index (χ2n) is 7.25. The fraction of sp³-hybridized carbons (Fsp3) is 0.375. The minimum absolute atomic E-state index is 0.0302. The molecule has 3 N–H and O–H groups in total. The molecule has 0 unspecified atom stereocenters. The van der Waals surface area contributed by atoms with Gasteiger partial charge in [-0.2, -0.15) is 0 Å². The number of hydrogen-bond acceptors (Lipinski definition) is 5. The Labute approximate surface area is 185 Å². The summed E-state index contributed by atoms with van der Waals surface area (Å²) in [6.07, 6.45) is 14.0. The predicted molar refractivity (Wildman–Crippen MR) is 128 cm³/mol. The van der Waals surface area contributed by atoms with Crippen LogP contribution >= 0.6 is 11.6 Å². The first-order valence-corrected chi connectivity index (χ1v) is 10.6. The molecule has 0 bridgehead atoms. The summed E-state index contributed by atoms with van der Waals surface area (Å²) in [6, 6.07) is 0. The number of nitrogens with zero attached hydrogens (tertiary/aromatic N) is 3. The zero-order valence-electron chi connectivity index (χ0n) is 18.5. The van der Waals surface area contributed by atoms with Crippen LogP contribution in [0.4, 0.5) is 0 Å². The monoisotopic (exact) mass is 428 g/mol. The zero-order chi connectivity index (χ0) is 22.3. The molecule has 0 saturated carbocycles. The molecule has 5 nitrogen and oxygen atoms in total. The maximum atomic E-state index is 9.66. The summed E-state index contributed by atoms with van der Waals surface area (Å²) < 4.78 is 0. The second kappa shape index (κ2) is 11.0. The molecule has 0 aromatic carbocycles. The van der Waals surface area contributed by atoms with Crippen LogP contribution in [0.1, 0.15) is 33.1 Å². The Bertz CT molecular complexity index is 887. The fourth-order valence-electron chi connectivity index (χ4n) is 3.71. The maximum absolute atomic E-state index is 9.66. The van der Waals surface area contributed by atoms with Gasteiger partial charge in [-0.3, -0.25) is 0 Å². The van der Waals surface area contributed by atoms with Gasteiger partial charge in [0.15, 0.2) is 0 Å². The van der Waals surface area contributed by atoms with E-state index in [1.54, 1.807) is 6.21 Å². The third kappa shape index (κ3) is 5.15. The van der Waals surface area contributed by atoms with Crippen LogP contribution in [-0.4, -0.2) is 48.4 Å². The minimum Gasteiger partial charge on any atom is -0.398 e. The molecule has 6 heteroatoms. The van der Waals surface area contributed by atoms with E-state index in [1.807, 2.05) is 61.3 Å². The number of likely N-dealkylation sites (N-methyl/N-ethyl adjacent to an activating group) is 1. The molecule has 0 atom stereocenters. The molecule has 0 spiro atoms. The number of allylic oxidation sites excluding steroid dienone is 7. The van der Waals surface area contributed by atoms with Crippen LogP contribution in [-0.2, 0) is 0 Å². The molecular weight excluding hydrogens is 396 g/mol. The van der Waals surface area contributed by atoms with Gasteiger partial charge in [-0.15, -0.1) is 0 Å². The third-order valence-corrected chi connectivity index (χ3v) is 5.62. The molecule has 0 radical (unpaired) electrons. The minimum atomic E-state index is 0.0302. The van der Waals surface area contributed by atoms with Gasteiger partial charge < -0.3 is 20.6 Å². The number of aliphatic imine (C=N–C) groups is 1. The molecule has 1 aliphatic heterocycles. The number of halogens is 1. The summed E-state index contributed by atoms with van der Waals surface area (Å²) in [4.78, 5) is 8.58. The number of aliphatic hydroxyl groups is 1. The Morgan fingerprint density at radius 3 is 2.73 bits per heavy atom. The van der Waals surface area contributed by atoms with Gasteiger partial charge in [0, 0.05) is 54.9 Å². The van der Waals surface area contributed by atoms with Crippen LogP contribution in [0, 0.1) is 0 Å². The van der Waals surface area contributed by atoms with Crippen molar-refractivity contribution in [3.05, 3.63) is 81.6 Å². The lowest BCUT2D eigenvalue weighted by Crippen LogP contribution is -2.27. The smallest absolute Gasteiger partial charge is 0.142 e. The van der Waals surface area contributed by atoms with E-state index in [-0.39, 0.29) is 6.61 Å². The highest BCUT2D eigenvalue weighted by molar-refractivity contribution is 6.29. The molecule has 2 rings (SSSR count). The fourth-order valence-corrected chi connectivity index (χ4v) is 3.91. The van der Waals surface area contributed by atoms with Gasteiger partial charge in [-0.1, -0.05) is 42.8 Å². The first-order chi connectivity index (χ1) is 14.4. The Hall–Kier alpha value is -2.50. The van der Waals surface area contributed by atoms with Crippen molar-refractivity contribution in [1.82, 2.24) is 9.80 Å². The van der Waals surface area contributed by atoms with E-state index in [9.17, 15) is 5.11 Å². The largest absolute Gasteiger partial charge is 0.398 e. The molecule has 30 heavy (non-hydrogen) atoms. The Morgan fingerprint density at radius 1 is 1.43 bits per heavy atom. The van der Waals surface area contributed by atoms with Crippen molar-refractivity contribution in [2.75, 3.05) is 27.2 Å². The van der Waals surface area contributed by atoms with Gasteiger partial charge in [0.1, 0.15) is 5.82 Å². The third-order valence-electron chi connectivity index (χ3n) is 5.33. The van der Waals surface area contributed by atoms with Gasteiger partial charge in [-0.25, -0.2) is 4.99 Å². The predicted octanol–water partition coefficient (Wildman–Crippen LogP) is 4.58. The van der Waals surface area contributed by atoms with E-state index in [0.717, 1.165) is 52.5 Å². The maximum Gasteiger partial charge on any atom is 0.142 e. The summed E-state index contributed by atoms with van der Waals surface area (Å²) >= 11 is 6.47. The molecule has 1 heterocycles. The summed E-state index contributed by atoms with van der Waals surface area (Å²) in [6.45, 7) is 8.68. The van der Waals surface area contributed by atoms with Crippen LogP contribution in [0.25, 0.3) is 0 Å². The van der Waals surface area contributed by atoms with Gasteiger partial charge in [0.25, 0.3) is 0 Å². The molecule has 162 valence electrons. The van der Waals surface area contributed by atoms with E-state index < -0.39 is 0 Å². The number of rotatable bonds is 8. The van der Waals surface area contributed by atoms with E-state index >= 15 is 0 Å². The van der Waals surface area contributed by atoms with Crippen molar-refractivity contribution < 1.29 is 5.11 Å². The first-order valence-electron chi connectivity index (χ1n) is 10.3. The topological polar surface area (TPSA) is 65.1 Å². The van der Waals surface area contributed by atoms with Crippen LogP contribution in [0.5, 0.6) is 0 Å². The van der Waals surface area contributed by atoms with Crippen LogP contribution in [0.3, 0.4) is 0 Å².